The highest BCUT2D eigenvalue weighted by molar-refractivity contribution is 6.39. The number of amides is 1. The van der Waals surface area contributed by atoms with Crippen molar-refractivity contribution in [2.75, 3.05) is 27.9 Å². The van der Waals surface area contributed by atoms with Crippen LogP contribution in [0.4, 0.5) is 0 Å². The summed E-state index contributed by atoms with van der Waals surface area (Å²) in [6.07, 6.45) is 1.97. The van der Waals surface area contributed by atoms with Gasteiger partial charge in [0.25, 0.3) is 11.7 Å². The van der Waals surface area contributed by atoms with Gasteiger partial charge in [0, 0.05) is 58.5 Å². The van der Waals surface area contributed by atoms with Crippen molar-refractivity contribution < 1.29 is 63.0 Å². The van der Waals surface area contributed by atoms with E-state index in [-0.39, 0.29) is 61.7 Å². The zero-order valence-corrected chi connectivity index (χ0v) is 36.0. The van der Waals surface area contributed by atoms with Crippen molar-refractivity contribution in [2.45, 2.75) is 167 Å². The Morgan fingerprint density at radius 1 is 0.897 bits per heavy atom. The van der Waals surface area contributed by atoms with Crippen LogP contribution in [0.25, 0.3) is 0 Å². The number of aliphatic hydroxyl groups is 3. The van der Waals surface area contributed by atoms with Crippen LogP contribution >= 0.6 is 0 Å². The Kier molecular flexibility index (Phi) is 17.4. The van der Waals surface area contributed by atoms with Crippen LogP contribution in [0, 0.1) is 29.6 Å². The van der Waals surface area contributed by atoms with E-state index in [1.807, 2.05) is 19.9 Å². The van der Waals surface area contributed by atoms with Gasteiger partial charge in [-0.15, -0.1) is 0 Å². The number of nitrogens with zero attached hydrogens (tertiary/aromatic N) is 1. The molecule has 14 atom stereocenters. The Hall–Kier alpha value is -2.85. The SMILES string of the molecule is CO[C@H]1C[C@@H](C)C/C(C)=C/C(CC(C)=O)C(=O)C[C@H](O)[C@@H](C)[C@@H](/C(C)=C/[C@@H]2CC[C@@H](O)[C@H](OC)C2)OC(=O)[C@@H]2CCCCN2C(=O)C(=O)[C@]2(O)OC1[C@@H](OC)C[C@H]2C. The molecule has 3 aliphatic heterocycles. The summed E-state index contributed by atoms with van der Waals surface area (Å²) in [5, 5.41) is 34.2. The molecule has 1 saturated carbocycles. The third-order valence-corrected chi connectivity index (χ3v) is 13.0. The fraction of sp³-hybridized carbons (Fsp3) is 0.795. The molecule has 14 nitrogen and oxygen atoms in total. The first-order chi connectivity index (χ1) is 27.3. The van der Waals surface area contributed by atoms with Gasteiger partial charge >= 0.3 is 5.97 Å². The van der Waals surface area contributed by atoms with Crippen molar-refractivity contribution in [1.29, 1.82) is 0 Å². The summed E-state index contributed by atoms with van der Waals surface area (Å²) in [4.78, 5) is 70.3. The van der Waals surface area contributed by atoms with E-state index in [1.54, 1.807) is 34.0 Å². The summed E-state index contributed by atoms with van der Waals surface area (Å²) in [7, 11) is 4.55. The van der Waals surface area contributed by atoms with Crippen LogP contribution in [-0.4, -0.2) is 132 Å². The zero-order valence-electron chi connectivity index (χ0n) is 36.0. The fourth-order valence-corrected chi connectivity index (χ4v) is 9.53. The van der Waals surface area contributed by atoms with Crippen LogP contribution < -0.4 is 0 Å². The van der Waals surface area contributed by atoms with Gasteiger partial charge in [-0.1, -0.05) is 38.5 Å². The van der Waals surface area contributed by atoms with Crippen LogP contribution in [0.15, 0.2) is 23.3 Å². The molecule has 4 rings (SSSR count). The predicted molar refractivity (Wildman–Crippen MR) is 213 cm³/mol. The molecule has 3 heterocycles. The van der Waals surface area contributed by atoms with Crippen LogP contribution in [0.2, 0.25) is 0 Å². The number of esters is 1. The molecule has 0 aromatic carbocycles. The predicted octanol–water partition coefficient (Wildman–Crippen LogP) is 4.04. The fourth-order valence-electron chi connectivity index (χ4n) is 9.53. The first-order valence-corrected chi connectivity index (χ1v) is 21.1. The van der Waals surface area contributed by atoms with Crippen molar-refractivity contribution >= 4 is 29.2 Å². The number of cyclic esters (lactones) is 1. The minimum absolute atomic E-state index is 0.0403. The molecule has 328 valence electrons. The summed E-state index contributed by atoms with van der Waals surface area (Å²) in [6, 6.07) is -1.17. The van der Waals surface area contributed by atoms with E-state index in [9.17, 15) is 39.3 Å². The highest BCUT2D eigenvalue weighted by Gasteiger charge is 2.56. The molecular formula is C44H69NO13. The number of Topliss-reactive ketones (excluding diaryl/α,β-unsaturated/α-hetero) is 3. The Balaban J connectivity index is 1.79. The molecule has 3 N–H and O–H groups in total. The van der Waals surface area contributed by atoms with Gasteiger partial charge in [0.05, 0.1) is 30.5 Å². The molecule has 2 saturated heterocycles. The Morgan fingerprint density at radius 3 is 2.19 bits per heavy atom. The molecule has 1 amide bonds. The molecule has 14 heteroatoms. The largest absolute Gasteiger partial charge is 0.456 e. The van der Waals surface area contributed by atoms with E-state index in [1.165, 1.54) is 21.1 Å². The van der Waals surface area contributed by atoms with Gasteiger partial charge < -0.3 is 43.9 Å². The molecule has 2 bridgehead atoms. The number of hydrogen-bond acceptors (Lipinski definition) is 13. The summed E-state index contributed by atoms with van der Waals surface area (Å²) in [5.41, 5.74) is 1.46. The summed E-state index contributed by atoms with van der Waals surface area (Å²) < 4.78 is 29.7. The molecule has 2 unspecified atom stereocenters. The van der Waals surface area contributed by atoms with Gasteiger partial charge in [-0.25, -0.2) is 4.79 Å². The minimum atomic E-state index is -2.54. The van der Waals surface area contributed by atoms with E-state index in [0.29, 0.717) is 50.5 Å². The van der Waals surface area contributed by atoms with E-state index in [0.717, 1.165) is 10.5 Å². The number of hydrogen-bond donors (Lipinski definition) is 3. The molecule has 0 radical (unpaired) electrons. The van der Waals surface area contributed by atoms with Crippen LogP contribution in [0.3, 0.4) is 0 Å². The standard InChI is InChI=1S/C44H69NO13/c1-24-16-25(2)18-37(55-8)40-38(56-9)20-27(4)44(53,58-40)41(50)42(51)45-15-11-10-12-32(45)43(52)57-39(26(3)19-30-13-14-33(47)36(22-30)54-7)29(6)34(48)23-35(49)31(17-24)21-28(5)46/h17,19,25,27,29-34,36-40,47-48,53H,10-16,18,20-23H2,1-9H3/b24-17+,26-19+/t25-,27+,29+,30-,31?,32-,33+,34-,36+,37-,38-,39+,40?,44+/m0/s1. The molecule has 4 aliphatic rings. The minimum Gasteiger partial charge on any atom is -0.456 e. The third kappa shape index (κ3) is 11.5. The van der Waals surface area contributed by atoms with Crippen molar-refractivity contribution in [3.05, 3.63) is 23.3 Å². The van der Waals surface area contributed by atoms with Crippen LogP contribution in [0.5, 0.6) is 0 Å². The average Bonchev–Trinajstić information content (AvgIpc) is 3.18. The maximum Gasteiger partial charge on any atom is 0.329 e. The third-order valence-electron chi connectivity index (χ3n) is 13.0. The maximum atomic E-state index is 14.3. The second-order valence-corrected chi connectivity index (χ2v) is 17.7. The number of ketones is 3. The molecule has 0 aromatic rings. The number of carbonyl (C=O) groups excluding carboxylic acids is 5. The highest BCUT2D eigenvalue weighted by atomic mass is 16.7. The Labute approximate surface area is 344 Å². The quantitative estimate of drug-likeness (QED) is 0.189. The number of rotatable bonds is 7. The first kappa shape index (κ1) is 47.8. The van der Waals surface area contributed by atoms with E-state index < -0.39 is 83.9 Å². The van der Waals surface area contributed by atoms with E-state index >= 15 is 0 Å². The van der Waals surface area contributed by atoms with Gasteiger partial charge in [-0.3, -0.25) is 19.2 Å². The Bertz CT molecular complexity index is 1530. The van der Waals surface area contributed by atoms with Gasteiger partial charge in [-0.05, 0) is 96.0 Å². The van der Waals surface area contributed by atoms with Crippen molar-refractivity contribution in [1.82, 2.24) is 4.90 Å². The van der Waals surface area contributed by atoms with Gasteiger partial charge in [0.1, 0.15) is 29.8 Å². The lowest BCUT2D eigenvalue weighted by Gasteiger charge is -2.47. The normalized spacial score (nSPS) is 40.5. The number of allylic oxidation sites excluding steroid dienone is 3. The van der Waals surface area contributed by atoms with Gasteiger partial charge in [-0.2, -0.15) is 0 Å². The van der Waals surface area contributed by atoms with Gasteiger partial charge in [0.2, 0.25) is 5.79 Å². The lowest BCUT2D eigenvalue weighted by Crippen LogP contribution is -2.64. The van der Waals surface area contributed by atoms with Gasteiger partial charge in [0.15, 0.2) is 0 Å². The average molecular weight is 820 g/mol. The topological polar surface area (TPSA) is 195 Å². The van der Waals surface area contributed by atoms with E-state index in [2.05, 4.69) is 0 Å². The smallest absolute Gasteiger partial charge is 0.329 e. The number of methoxy groups -OCH3 is 3. The maximum absolute atomic E-state index is 14.3. The molecule has 58 heavy (non-hydrogen) atoms. The molecule has 1 aliphatic carbocycles. The molecular weight excluding hydrogens is 750 g/mol. The second kappa shape index (κ2) is 21.1. The lowest BCUT2D eigenvalue weighted by molar-refractivity contribution is -0.302. The van der Waals surface area contributed by atoms with Crippen molar-refractivity contribution in [2.24, 2.45) is 29.6 Å². The zero-order chi connectivity index (χ0) is 43.1. The summed E-state index contributed by atoms with van der Waals surface area (Å²) in [6.45, 7) is 10.4. The lowest BCUT2D eigenvalue weighted by atomic mass is 9.81. The second-order valence-electron chi connectivity index (χ2n) is 17.7. The monoisotopic (exact) mass is 819 g/mol. The number of aliphatic hydroxyl groups excluding tert-OH is 2. The number of ether oxygens (including phenoxy) is 5. The molecule has 0 aromatic heterocycles. The molecule has 0 spiro atoms. The highest BCUT2D eigenvalue weighted by Crippen LogP contribution is 2.39. The van der Waals surface area contributed by atoms with Crippen LogP contribution in [0.1, 0.15) is 112 Å². The van der Waals surface area contributed by atoms with E-state index in [4.69, 9.17) is 23.7 Å². The van der Waals surface area contributed by atoms with Crippen molar-refractivity contribution in [3.63, 3.8) is 0 Å². The Morgan fingerprint density at radius 2 is 1.55 bits per heavy atom. The number of carbonyl (C=O) groups is 5. The number of piperidine rings is 1. The summed E-state index contributed by atoms with van der Waals surface area (Å²) in [5.74, 6) is -8.63. The molecule has 3 fully saturated rings. The number of fused-ring (bicyclic) bond motifs is 3. The first-order valence-electron chi connectivity index (χ1n) is 21.1. The van der Waals surface area contributed by atoms with Crippen molar-refractivity contribution in [3.8, 4) is 0 Å². The van der Waals surface area contributed by atoms with Crippen LogP contribution in [-0.2, 0) is 47.7 Å². The summed E-state index contributed by atoms with van der Waals surface area (Å²) >= 11 is 0.